The van der Waals surface area contributed by atoms with E-state index in [1.165, 1.54) is 12.1 Å². The van der Waals surface area contributed by atoms with Crippen LogP contribution in [-0.2, 0) is 9.53 Å². The lowest BCUT2D eigenvalue weighted by Gasteiger charge is -2.26. The molecule has 0 atom stereocenters. The number of nitrogens with two attached hydrogens (primary N) is 1. The summed E-state index contributed by atoms with van der Waals surface area (Å²) in [6.07, 6.45) is 0.547. The summed E-state index contributed by atoms with van der Waals surface area (Å²) in [5.74, 6) is -4.15. The van der Waals surface area contributed by atoms with Gasteiger partial charge in [-0.3, -0.25) is 19.0 Å². The average molecular weight is 515 g/mol. The van der Waals surface area contributed by atoms with Gasteiger partial charge in [-0.15, -0.1) is 0 Å². The normalized spacial score (nSPS) is 13.4. The molecule has 0 spiro atoms. The van der Waals surface area contributed by atoms with Crippen LogP contribution in [0.3, 0.4) is 0 Å². The minimum atomic E-state index is -1.14. The number of halogens is 3. The van der Waals surface area contributed by atoms with E-state index in [4.69, 9.17) is 15.2 Å². The van der Waals surface area contributed by atoms with E-state index in [0.717, 1.165) is 36.4 Å². The average Bonchev–Trinajstić information content (AvgIpc) is 2.88. The number of morpholine rings is 1. The first kappa shape index (κ1) is 26.0. The molecule has 0 unspecified atom stereocenters. The van der Waals surface area contributed by atoms with Gasteiger partial charge in [0.25, 0.3) is 5.56 Å². The van der Waals surface area contributed by atoms with Gasteiger partial charge in [-0.05, 0) is 36.8 Å². The lowest BCUT2D eigenvalue weighted by Crippen LogP contribution is -2.40. The predicted molar refractivity (Wildman–Crippen MR) is 128 cm³/mol. The molecule has 11 heteroatoms. The molecule has 2 N–H and O–H groups in total. The van der Waals surface area contributed by atoms with Crippen LogP contribution in [0.4, 0.5) is 19.0 Å². The number of carbonyl (C=O) groups excluding carboxylic acids is 2. The molecule has 1 fully saturated rings. The number of nitrogens with zero attached hydrogens (tertiary/aromatic N) is 2. The highest BCUT2D eigenvalue weighted by molar-refractivity contribution is 6.11. The van der Waals surface area contributed by atoms with E-state index in [1.807, 2.05) is 0 Å². The Morgan fingerprint density at radius 2 is 1.62 bits per heavy atom. The summed E-state index contributed by atoms with van der Waals surface area (Å²) in [5.41, 5.74) is 4.27. The van der Waals surface area contributed by atoms with Crippen molar-refractivity contribution in [1.29, 1.82) is 0 Å². The van der Waals surface area contributed by atoms with Crippen LogP contribution < -0.4 is 16.0 Å². The van der Waals surface area contributed by atoms with E-state index in [-0.39, 0.29) is 35.8 Å². The Morgan fingerprint density at radius 1 is 0.973 bits per heavy atom. The summed E-state index contributed by atoms with van der Waals surface area (Å²) in [5, 5.41) is 0. The number of amides is 1. The molecular formula is C26H24F3N3O5. The lowest BCUT2D eigenvalue weighted by atomic mass is 10.0. The zero-order valence-corrected chi connectivity index (χ0v) is 19.7. The number of ketones is 1. The molecule has 0 saturated carbocycles. The summed E-state index contributed by atoms with van der Waals surface area (Å²) in [6, 6.07) is 8.51. The van der Waals surface area contributed by atoms with E-state index in [9.17, 15) is 18.8 Å². The topological polar surface area (TPSA) is 104 Å². The minimum absolute atomic E-state index is 0.0397. The van der Waals surface area contributed by atoms with Crippen LogP contribution in [-0.4, -0.2) is 54.1 Å². The van der Waals surface area contributed by atoms with Crippen LogP contribution in [0.2, 0.25) is 0 Å². The fourth-order valence-corrected chi connectivity index (χ4v) is 3.96. The first-order chi connectivity index (χ1) is 17.8. The van der Waals surface area contributed by atoms with Gasteiger partial charge >= 0.3 is 0 Å². The molecular weight excluding hydrogens is 491 g/mol. The third kappa shape index (κ3) is 5.83. The van der Waals surface area contributed by atoms with Crippen LogP contribution in [0.1, 0.15) is 28.8 Å². The number of pyridine rings is 1. The molecule has 194 valence electrons. The molecule has 0 radical (unpaired) electrons. The second-order valence-corrected chi connectivity index (χ2v) is 8.32. The van der Waals surface area contributed by atoms with Gasteiger partial charge < -0.3 is 20.1 Å². The van der Waals surface area contributed by atoms with Gasteiger partial charge in [0.15, 0.2) is 17.4 Å². The number of rotatable bonds is 8. The molecule has 2 aromatic carbocycles. The first-order valence-electron chi connectivity index (χ1n) is 11.6. The van der Waals surface area contributed by atoms with Crippen LogP contribution in [0, 0.1) is 17.5 Å². The molecule has 4 rings (SSSR count). The molecule has 1 aliphatic rings. The van der Waals surface area contributed by atoms with Gasteiger partial charge in [-0.25, -0.2) is 13.2 Å². The van der Waals surface area contributed by atoms with E-state index in [2.05, 4.69) is 0 Å². The first-order valence-corrected chi connectivity index (χ1v) is 11.6. The summed E-state index contributed by atoms with van der Waals surface area (Å²) in [6.45, 7) is 2.07. The Labute approximate surface area is 210 Å². The van der Waals surface area contributed by atoms with Crippen molar-refractivity contribution >= 4 is 17.5 Å². The Balaban J connectivity index is 1.50. The van der Waals surface area contributed by atoms with E-state index < -0.39 is 40.3 Å². The summed E-state index contributed by atoms with van der Waals surface area (Å²) >= 11 is 0. The van der Waals surface area contributed by atoms with Crippen LogP contribution >= 0.6 is 0 Å². The molecule has 0 bridgehead atoms. The second-order valence-electron chi connectivity index (χ2n) is 8.32. The Bertz CT molecular complexity index is 1350. The monoisotopic (exact) mass is 515 g/mol. The quantitative estimate of drug-likeness (QED) is 0.365. The maximum Gasteiger partial charge on any atom is 0.256 e. The molecule has 1 amide bonds. The Hall–Kier alpha value is -4.12. The molecule has 1 aliphatic heterocycles. The summed E-state index contributed by atoms with van der Waals surface area (Å²) < 4.78 is 54.4. The molecule has 0 aliphatic carbocycles. The van der Waals surface area contributed by atoms with Crippen molar-refractivity contribution in [2.45, 2.75) is 12.8 Å². The number of ether oxygens (including phenoxy) is 2. The van der Waals surface area contributed by atoms with E-state index in [1.54, 1.807) is 4.90 Å². The van der Waals surface area contributed by atoms with Gasteiger partial charge in [-0.2, -0.15) is 0 Å². The fraction of sp³-hybridized carbons (Fsp3) is 0.269. The van der Waals surface area contributed by atoms with Gasteiger partial charge in [0.1, 0.15) is 23.1 Å². The molecule has 1 aromatic heterocycles. The van der Waals surface area contributed by atoms with Gasteiger partial charge in [0.05, 0.1) is 25.4 Å². The number of anilines is 1. The van der Waals surface area contributed by atoms with Crippen molar-refractivity contribution in [3.05, 3.63) is 87.5 Å². The molecule has 37 heavy (non-hydrogen) atoms. The van der Waals surface area contributed by atoms with Crippen LogP contribution in [0.15, 0.2) is 53.3 Å². The van der Waals surface area contributed by atoms with Crippen molar-refractivity contribution in [3.8, 4) is 11.4 Å². The van der Waals surface area contributed by atoms with Crippen molar-refractivity contribution < 1.29 is 32.2 Å². The molecule has 2 heterocycles. The predicted octanol–water partition coefficient (Wildman–Crippen LogP) is 3.09. The fourth-order valence-electron chi connectivity index (χ4n) is 3.96. The number of hydrogen-bond acceptors (Lipinski definition) is 6. The van der Waals surface area contributed by atoms with E-state index in [0.29, 0.717) is 37.3 Å². The maximum absolute atomic E-state index is 15.0. The number of benzene rings is 2. The van der Waals surface area contributed by atoms with Crippen molar-refractivity contribution in [2.75, 3.05) is 38.6 Å². The Morgan fingerprint density at radius 3 is 2.27 bits per heavy atom. The standard InChI is InChI=1S/C26H24F3N3O5/c27-17-5-3-16(4-6-17)25(35)19-7-8-23(34)32(26(19)30)24-20(28)14-18(15-21(24)29)37-11-1-2-22(33)31-9-12-36-13-10-31/h3-8,14-15H,1-2,9-13,30H2. The molecule has 3 aromatic rings. The van der Waals surface area contributed by atoms with Gasteiger partial charge in [-0.1, -0.05) is 0 Å². The van der Waals surface area contributed by atoms with Crippen LogP contribution in [0.25, 0.3) is 5.69 Å². The third-order valence-electron chi connectivity index (χ3n) is 5.86. The number of aromatic nitrogens is 1. The Kier molecular flexibility index (Phi) is 7.92. The molecule has 1 saturated heterocycles. The highest BCUT2D eigenvalue weighted by Gasteiger charge is 2.22. The number of carbonyl (C=O) groups is 2. The number of nitrogen functional groups attached to an aromatic ring is 1. The number of hydrogen-bond donors (Lipinski definition) is 1. The zero-order valence-electron chi connectivity index (χ0n) is 19.7. The minimum Gasteiger partial charge on any atom is -0.493 e. The summed E-state index contributed by atoms with van der Waals surface area (Å²) in [7, 11) is 0. The third-order valence-corrected chi connectivity index (χ3v) is 5.86. The lowest BCUT2D eigenvalue weighted by molar-refractivity contribution is -0.135. The smallest absolute Gasteiger partial charge is 0.256 e. The van der Waals surface area contributed by atoms with Gasteiger partial charge in [0, 0.05) is 43.3 Å². The van der Waals surface area contributed by atoms with Crippen LogP contribution in [0.5, 0.6) is 5.75 Å². The van der Waals surface area contributed by atoms with Gasteiger partial charge in [0.2, 0.25) is 5.91 Å². The highest BCUT2D eigenvalue weighted by atomic mass is 19.1. The summed E-state index contributed by atoms with van der Waals surface area (Å²) in [4.78, 5) is 39.2. The zero-order chi connectivity index (χ0) is 26.5. The van der Waals surface area contributed by atoms with Crippen molar-refractivity contribution in [1.82, 2.24) is 9.47 Å². The maximum atomic E-state index is 15.0. The van der Waals surface area contributed by atoms with E-state index >= 15 is 8.78 Å². The highest BCUT2D eigenvalue weighted by Crippen LogP contribution is 2.27. The van der Waals surface area contributed by atoms with Crippen molar-refractivity contribution in [3.63, 3.8) is 0 Å². The SMILES string of the molecule is Nc1c(C(=O)c2ccc(F)cc2)ccc(=O)n1-c1c(F)cc(OCCCC(=O)N2CCOCC2)cc1F. The van der Waals surface area contributed by atoms with Crippen molar-refractivity contribution in [2.24, 2.45) is 0 Å². The second kappa shape index (κ2) is 11.3. The molecule has 8 nitrogen and oxygen atoms in total. The largest absolute Gasteiger partial charge is 0.493 e.